The summed E-state index contributed by atoms with van der Waals surface area (Å²) in [6.07, 6.45) is 0. The molecule has 0 radical (unpaired) electrons. The van der Waals surface area contributed by atoms with Gasteiger partial charge in [0.15, 0.2) is 0 Å². The van der Waals surface area contributed by atoms with Crippen LogP contribution in [0.15, 0.2) is 22.7 Å². The van der Waals surface area contributed by atoms with Crippen molar-refractivity contribution in [3.8, 4) is 0 Å². The molecule has 0 aliphatic heterocycles. The van der Waals surface area contributed by atoms with Crippen molar-refractivity contribution in [1.29, 1.82) is 0 Å². The zero-order chi connectivity index (χ0) is 13.8. The Morgan fingerprint density at radius 3 is 2.95 bits per heavy atom. The lowest BCUT2D eigenvalue weighted by molar-refractivity contribution is 0.102. The summed E-state index contributed by atoms with van der Waals surface area (Å²) < 4.78 is 13.3. The number of hydrogen-bond donors (Lipinski definition) is 2. The van der Waals surface area contributed by atoms with Crippen molar-refractivity contribution >= 4 is 44.0 Å². The van der Waals surface area contributed by atoms with Crippen molar-refractivity contribution in [2.45, 2.75) is 6.92 Å². The highest BCUT2D eigenvalue weighted by Crippen LogP contribution is 2.21. The number of benzene rings is 1. The van der Waals surface area contributed by atoms with Gasteiger partial charge in [0.2, 0.25) is 10.1 Å². The van der Waals surface area contributed by atoms with Crippen molar-refractivity contribution in [3.05, 3.63) is 33.5 Å². The highest BCUT2D eigenvalue weighted by Gasteiger charge is 2.13. The van der Waals surface area contributed by atoms with Gasteiger partial charge < -0.3 is 10.6 Å². The van der Waals surface area contributed by atoms with Crippen LogP contribution >= 0.6 is 27.3 Å². The molecule has 0 bridgehead atoms. The molecule has 0 saturated carbocycles. The van der Waals surface area contributed by atoms with Crippen molar-refractivity contribution in [2.24, 2.45) is 0 Å². The Labute approximate surface area is 121 Å². The fourth-order valence-corrected chi connectivity index (χ4v) is 2.38. The van der Waals surface area contributed by atoms with Gasteiger partial charge in [-0.2, -0.15) is 0 Å². The first-order valence-electron chi connectivity index (χ1n) is 5.44. The molecule has 0 atom stereocenters. The second-order valence-electron chi connectivity index (χ2n) is 3.53. The van der Waals surface area contributed by atoms with Crippen LogP contribution in [-0.2, 0) is 0 Å². The molecule has 0 saturated heterocycles. The fourth-order valence-electron chi connectivity index (χ4n) is 1.30. The lowest BCUT2D eigenvalue weighted by Gasteiger charge is -2.03. The topological polar surface area (TPSA) is 66.9 Å². The Hall–Kier alpha value is -1.54. The molecule has 19 heavy (non-hydrogen) atoms. The Balaban J connectivity index is 2.09. The fraction of sp³-hybridized carbons (Fsp3) is 0.182. The minimum Gasteiger partial charge on any atom is -0.360 e. The molecule has 0 unspecified atom stereocenters. The predicted molar refractivity (Wildman–Crippen MR) is 76.1 cm³/mol. The predicted octanol–water partition coefficient (Wildman–Crippen LogP) is 3.12. The van der Waals surface area contributed by atoms with Crippen molar-refractivity contribution in [3.63, 3.8) is 0 Å². The molecule has 2 N–H and O–H groups in total. The summed E-state index contributed by atoms with van der Waals surface area (Å²) in [6, 6.07) is 4.23. The van der Waals surface area contributed by atoms with Crippen molar-refractivity contribution < 1.29 is 9.18 Å². The van der Waals surface area contributed by atoms with E-state index in [0.717, 1.165) is 11.3 Å². The number of halogens is 2. The maximum Gasteiger partial charge on any atom is 0.286 e. The van der Waals surface area contributed by atoms with Crippen LogP contribution in [0.3, 0.4) is 0 Å². The molecule has 1 heterocycles. The summed E-state index contributed by atoms with van der Waals surface area (Å²) in [5.74, 6) is -0.761. The summed E-state index contributed by atoms with van der Waals surface area (Å²) in [7, 11) is 0. The minimum absolute atomic E-state index is 0.247. The number of nitrogens with one attached hydrogen (secondary N) is 2. The van der Waals surface area contributed by atoms with Gasteiger partial charge in [0, 0.05) is 12.2 Å². The molecule has 5 nitrogen and oxygen atoms in total. The van der Waals surface area contributed by atoms with Crippen molar-refractivity contribution in [1.82, 2.24) is 10.2 Å². The van der Waals surface area contributed by atoms with E-state index in [9.17, 15) is 9.18 Å². The van der Waals surface area contributed by atoms with Gasteiger partial charge in [-0.25, -0.2) is 4.39 Å². The van der Waals surface area contributed by atoms with Gasteiger partial charge in [0.1, 0.15) is 5.82 Å². The van der Waals surface area contributed by atoms with Crippen LogP contribution in [-0.4, -0.2) is 22.6 Å². The Morgan fingerprint density at radius 2 is 2.26 bits per heavy atom. The highest BCUT2D eigenvalue weighted by molar-refractivity contribution is 9.10. The molecular weight excluding hydrogens is 335 g/mol. The van der Waals surface area contributed by atoms with E-state index in [-0.39, 0.29) is 21.2 Å². The van der Waals surface area contributed by atoms with E-state index in [1.165, 1.54) is 18.2 Å². The Bertz CT molecular complexity index is 604. The smallest absolute Gasteiger partial charge is 0.286 e. The van der Waals surface area contributed by atoms with Crippen LogP contribution in [0.25, 0.3) is 0 Å². The SMILES string of the molecule is CCNc1nnc(C(=O)Nc2ccc(F)c(Br)c2)s1. The third-order valence-corrected chi connectivity index (χ3v) is 3.61. The van der Waals surface area contributed by atoms with Crippen LogP contribution in [0.5, 0.6) is 0 Å². The molecule has 2 rings (SSSR count). The van der Waals surface area contributed by atoms with E-state index >= 15 is 0 Å². The average Bonchev–Trinajstić information content (AvgIpc) is 2.83. The molecule has 1 amide bonds. The summed E-state index contributed by atoms with van der Waals surface area (Å²) in [6.45, 7) is 2.64. The summed E-state index contributed by atoms with van der Waals surface area (Å²) >= 11 is 4.22. The van der Waals surface area contributed by atoms with Gasteiger partial charge >= 0.3 is 0 Å². The second-order valence-corrected chi connectivity index (χ2v) is 5.36. The summed E-state index contributed by atoms with van der Waals surface area (Å²) in [5, 5.41) is 14.0. The van der Waals surface area contributed by atoms with E-state index in [2.05, 4.69) is 36.8 Å². The second kappa shape index (κ2) is 6.07. The normalized spacial score (nSPS) is 10.3. The Kier molecular flexibility index (Phi) is 4.43. The molecule has 1 aromatic carbocycles. The maximum absolute atomic E-state index is 13.1. The molecule has 100 valence electrons. The zero-order valence-corrected chi connectivity index (χ0v) is 12.3. The quantitative estimate of drug-likeness (QED) is 0.894. The molecule has 0 aliphatic rings. The zero-order valence-electron chi connectivity index (χ0n) is 9.91. The highest BCUT2D eigenvalue weighted by atomic mass is 79.9. The number of carbonyl (C=O) groups excluding carboxylic acids is 1. The maximum atomic E-state index is 13.1. The summed E-state index contributed by atoms with van der Waals surface area (Å²) in [4.78, 5) is 11.9. The first-order valence-corrected chi connectivity index (χ1v) is 7.05. The van der Waals surface area contributed by atoms with Gasteiger partial charge in [0.05, 0.1) is 4.47 Å². The monoisotopic (exact) mass is 344 g/mol. The van der Waals surface area contributed by atoms with E-state index < -0.39 is 0 Å². The molecule has 1 aromatic heterocycles. The molecule has 0 fully saturated rings. The van der Waals surface area contributed by atoms with Crippen LogP contribution in [0, 0.1) is 5.82 Å². The van der Waals surface area contributed by atoms with Gasteiger partial charge in [-0.1, -0.05) is 11.3 Å². The van der Waals surface area contributed by atoms with Gasteiger partial charge in [-0.15, -0.1) is 10.2 Å². The average molecular weight is 345 g/mol. The number of carbonyl (C=O) groups is 1. The van der Waals surface area contributed by atoms with Crippen LogP contribution in [0.4, 0.5) is 15.2 Å². The number of hydrogen-bond acceptors (Lipinski definition) is 5. The van der Waals surface area contributed by atoms with Crippen LogP contribution in [0.2, 0.25) is 0 Å². The third kappa shape index (κ3) is 3.48. The van der Waals surface area contributed by atoms with E-state index in [0.29, 0.717) is 17.4 Å². The first-order chi connectivity index (χ1) is 9.10. The molecule has 8 heteroatoms. The van der Waals surface area contributed by atoms with E-state index in [1.807, 2.05) is 6.92 Å². The van der Waals surface area contributed by atoms with Gasteiger partial charge in [-0.05, 0) is 41.1 Å². The first kappa shape index (κ1) is 13.9. The molecular formula is C11H10BrFN4OS. The number of anilines is 2. The number of rotatable bonds is 4. The number of amides is 1. The lowest BCUT2D eigenvalue weighted by atomic mass is 10.3. The minimum atomic E-state index is -0.386. The Morgan fingerprint density at radius 1 is 1.47 bits per heavy atom. The third-order valence-electron chi connectivity index (χ3n) is 2.12. The molecule has 0 aliphatic carbocycles. The van der Waals surface area contributed by atoms with Crippen LogP contribution < -0.4 is 10.6 Å². The lowest BCUT2D eigenvalue weighted by Crippen LogP contribution is -2.11. The van der Waals surface area contributed by atoms with Gasteiger partial charge in [0.25, 0.3) is 5.91 Å². The standard InChI is InChI=1S/C11H10BrFN4OS/c1-2-14-11-17-16-10(19-11)9(18)15-6-3-4-8(13)7(12)5-6/h3-5H,2H2,1H3,(H,14,17)(H,15,18). The van der Waals surface area contributed by atoms with E-state index in [4.69, 9.17) is 0 Å². The number of aromatic nitrogens is 2. The largest absolute Gasteiger partial charge is 0.360 e. The molecule has 2 aromatic rings. The van der Waals surface area contributed by atoms with E-state index in [1.54, 1.807) is 0 Å². The summed E-state index contributed by atoms with van der Waals surface area (Å²) in [5.41, 5.74) is 0.485. The van der Waals surface area contributed by atoms with Crippen molar-refractivity contribution in [2.75, 3.05) is 17.2 Å². The van der Waals surface area contributed by atoms with Crippen LogP contribution in [0.1, 0.15) is 16.7 Å². The number of nitrogens with zero attached hydrogens (tertiary/aromatic N) is 2. The van der Waals surface area contributed by atoms with Gasteiger partial charge in [-0.3, -0.25) is 4.79 Å². The molecule has 0 spiro atoms.